The molecule has 2 aromatic rings. The van der Waals surface area contributed by atoms with Crippen LogP contribution >= 0.6 is 11.6 Å². The molecule has 84 valence electrons. The number of aromatic nitrogens is 2. The number of imidazole rings is 1. The van der Waals surface area contributed by atoms with Crippen LogP contribution < -0.4 is 5.32 Å². The summed E-state index contributed by atoms with van der Waals surface area (Å²) in [4.78, 5) is 7.79. The molecule has 3 nitrogen and oxygen atoms in total. The molecule has 0 aliphatic heterocycles. The molecule has 0 unspecified atom stereocenters. The molecule has 0 amide bonds. The monoisotopic (exact) mass is 235 g/mol. The second-order valence-electron chi connectivity index (χ2n) is 3.69. The van der Waals surface area contributed by atoms with E-state index in [0.29, 0.717) is 0 Å². The first-order valence-electron chi connectivity index (χ1n) is 5.16. The van der Waals surface area contributed by atoms with E-state index in [9.17, 15) is 0 Å². The van der Waals surface area contributed by atoms with E-state index in [1.807, 2.05) is 38.2 Å². The molecule has 2 rings (SSSR count). The van der Waals surface area contributed by atoms with E-state index in [1.54, 1.807) is 0 Å². The zero-order valence-corrected chi connectivity index (χ0v) is 10.1. The topological polar surface area (TPSA) is 40.7 Å². The number of nitrogens with zero attached hydrogens (tertiary/aromatic N) is 1. The second-order valence-corrected chi connectivity index (χ2v) is 4.13. The third-order valence-electron chi connectivity index (χ3n) is 2.40. The lowest BCUT2D eigenvalue weighted by Crippen LogP contribution is -2.06. The van der Waals surface area contributed by atoms with Crippen LogP contribution in [0.25, 0.3) is 11.3 Å². The summed E-state index contributed by atoms with van der Waals surface area (Å²) in [5, 5.41) is 3.81. The van der Waals surface area contributed by atoms with Gasteiger partial charge < -0.3 is 10.3 Å². The summed E-state index contributed by atoms with van der Waals surface area (Å²) in [7, 11) is 1.90. The zero-order valence-electron chi connectivity index (χ0n) is 9.34. The van der Waals surface area contributed by atoms with Crippen molar-refractivity contribution in [1.82, 2.24) is 15.3 Å². The highest BCUT2D eigenvalue weighted by Crippen LogP contribution is 2.22. The first-order chi connectivity index (χ1) is 7.70. The van der Waals surface area contributed by atoms with E-state index >= 15 is 0 Å². The molecule has 0 aliphatic rings. The number of nitrogens with one attached hydrogen (secondary N) is 2. The number of rotatable bonds is 3. The van der Waals surface area contributed by atoms with Crippen LogP contribution in [0.2, 0.25) is 5.02 Å². The van der Waals surface area contributed by atoms with E-state index in [1.165, 1.54) is 0 Å². The zero-order chi connectivity index (χ0) is 11.5. The Hall–Kier alpha value is -1.32. The quantitative estimate of drug-likeness (QED) is 0.859. The van der Waals surface area contributed by atoms with Crippen LogP contribution in [-0.2, 0) is 6.54 Å². The highest BCUT2D eigenvalue weighted by atomic mass is 35.5. The van der Waals surface area contributed by atoms with Gasteiger partial charge in [0.2, 0.25) is 0 Å². The molecule has 4 heteroatoms. The highest BCUT2D eigenvalue weighted by molar-refractivity contribution is 6.30. The Kier molecular flexibility index (Phi) is 3.27. The number of hydrogen-bond acceptors (Lipinski definition) is 2. The maximum Gasteiger partial charge on any atom is 0.121 e. The van der Waals surface area contributed by atoms with Gasteiger partial charge in [0.15, 0.2) is 0 Å². The SMILES string of the molecule is CNCc1nc(-c2ccc(Cl)cc2)c(C)[nH]1. The summed E-state index contributed by atoms with van der Waals surface area (Å²) in [6.45, 7) is 2.77. The fraction of sp³-hybridized carbons (Fsp3) is 0.250. The molecule has 0 aliphatic carbocycles. The van der Waals surface area contributed by atoms with Gasteiger partial charge in [-0.25, -0.2) is 4.98 Å². The standard InChI is InChI=1S/C12H14ClN3/c1-8-12(16-11(15-8)7-14-2)9-3-5-10(13)6-4-9/h3-6,14H,7H2,1-2H3,(H,15,16). The van der Waals surface area contributed by atoms with E-state index < -0.39 is 0 Å². The van der Waals surface area contributed by atoms with Crippen LogP contribution in [0.5, 0.6) is 0 Å². The molecular weight excluding hydrogens is 222 g/mol. The number of benzene rings is 1. The van der Waals surface area contributed by atoms with Gasteiger partial charge in [-0.2, -0.15) is 0 Å². The van der Waals surface area contributed by atoms with Crippen LogP contribution in [-0.4, -0.2) is 17.0 Å². The molecule has 0 fully saturated rings. The summed E-state index contributed by atoms with van der Waals surface area (Å²) >= 11 is 5.86. The molecule has 0 saturated carbocycles. The molecule has 0 saturated heterocycles. The lowest BCUT2D eigenvalue weighted by Gasteiger charge is -1.98. The number of aromatic amines is 1. The lowest BCUT2D eigenvalue weighted by molar-refractivity contribution is 0.770. The molecule has 0 bridgehead atoms. The van der Waals surface area contributed by atoms with Crippen molar-refractivity contribution < 1.29 is 0 Å². The van der Waals surface area contributed by atoms with Crippen molar-refractivity contribution in [3.8, 4) is 11.3 Å². The van der Waals surface area contributed by atoms with Gasteiger partial charge in [0.05, 0.1) is 12.2 Å². The van der Waals surface area contributed by atoms with Gasteiger partial charge in [-0.1, -0.05) is 23.7 Å². The van der Waals surface area contributed by atoms with Gasteiger partial charge in [0.25, 0.3) is 0 Å². The van der Waals surface area contributed by atoms with Crippen molar-refractivity contribution in [2.24, 2.45) is 0 Å². The number of H-pyrrole nitrogens is 1. The summed E-state index contributed by atoms with van der Waals surface area (Å²) in [5.41, 5.74) is 3.15. The minimum Gasteiger partial charge on any atom is -0.344 e. The Balaban J connectivity index is 2.36. The Labute approximate surface area is 99.9 Å². The minimum atomic E-state index is 0.743. The Morgan fingerprint density at radius 1 is 1.31 bits per heavy atom. The van der Waals surface area contributed by atoms with Gasteiger partial charge in [0, 0.05) is 16.3 Å². The van der Waals surface area contributed by atoms with Crippen molar-refractivity contribution in [3.05, 3.63) is 40.8 Å². The van der Waals surface area contributed by atoms with Gasteiger partial charge in [-0.15, -0.1) is 0 Å². The van der Waals surface area contributed by atoms with Crippen molar-refractivity contribution in [2.45, 2.75) is 13.5 Å². The molecule has 16 heavy (non-hydrogen) atoms. The Bertz CT molecular complexity index is 474. The molecular formula is C12H14ClN3. The maximum absolute atomic E-state index is 5.86. The average Bonchev–Trinajstić information content (AvgIpc) is 2.61. The van der Waals surface area contributed by atoms with Gasteiger partial charge in [-0.05, 0) is 26.1 Å². The summed E-state index contributed by atoms with van der Waals surface area (Å²) in [5.74, 6) is 0.949. The molecule has 1 heterocycles. The minimum absolute atomic E-state index is 0.743. The molecule has 1 aromatic heterocycles. The van der Waals surface area contributed by atoms with Gasteiger partial charge in [-0.3, -0.25) is 0 Å². The predicted molar refractivity (Wildman–Crippen MR) is 66.5 cm³/mol. The van der Waals surface area contributed by atoms with Crippen molar-refractivity contribution in [3.63, 3.8) is 0 Å². The first kappa shape index (κ1) is 11.2. The summed E-state index contributed by atoms with van der Waals surface area (Å²) < 4.78 is 0. The smallest absolute Gasteiger partial charge is 0.121 e. The fourth-order valence-electron chi connectivity index (χ4n) is 1.66. The maximum atomic E-state index is 5.86. The third-order valence-corrected chi connectivity index (χ3v) is 2.65. The number of aryl methyl sites for hydroxylation is 1. The largest absolute Gasteiger partial charge is 0.344 e. The van der Waals surface area contributed by atoms with Crippen LogP contribution in [0.4, 0.5) is 0 Å². The number of halogens is 1. The highest BCUT2D eigenvalue weighted by Gasteiger charge is 2.07. The van der Waals surface area contributed by atoms with Crippen molar-refractivity contribution in [2.75, 3.05) is 7.05 Å². The third kappa shape index (κ3) is 2.26. The van der Waals surface area contributed by atoms with E-state index in [2.05, 4.69) is 15.3 Å². The molecule has 1 aromatic carbocycles. The van der Waals surface area contributed by atoms with Crippen molar-refractivity contribution in [1.29, 1.82) is 0 Å². The summed E-state index contributed by atoms with van der Waals surface area (Å²) in [6, 6.07) is 7.72. The second kappa shape index (κ2) is 4.68. The van der Waals surface area contributed by atoms with Crippen LogP contribution in [0.15, 0.2) is 24.3 Å². The van der Waals surface area contributed by atoms with E-state index in [4.69, 9.17) is 11.6 Å². The van der Waals surface area contributed by atoms with Gasteiger partial charge >= 0.3 is 0 Å². The molecule has 0 spiro atoms. The fourth-order valence-corrected chi connectivity index (χ4v) is 1.79. The Morgan fingerprint density at radius 3 is 2.62 bits per heavy atom. The average molecular weight is 236 g/mol. The predicted octanol–water partition coefficient (Wildman–Crippen LogP) is 2.76. The molecule has 0 radical (unpaired) electrons. The summed E-state index contributed by atoms with van der Waals surface area (Å²) in [6.07, 6.45) is 0. The van der Waals surface area contributed by atoms with Crippen LogP contribution in [0, 0.1) is 6.92 Å². The van der Waals surface area contributed by atoms with Crippen molar-refractivity contribution >= 4 is 11.6 Å². The normalized spacial score (nSPS) is 10.7. The van der Waals surface area contributed by atoms with Crippen LogP contribution in [0.3, 0.4) is 0 Å². The first-order valence-corrected chi connectivity index (χ1v) is 5.54. The number of hydrogen-bond donors (Lipinski definition) is 2. The van der Waals surface area contributed by atoms with Crippen LogP contribution in [0.1, 0.15) is 11.5 Å². The van der Waals surface area contributed by atoms with Gasteiger partial charge in [0.1, 0.15) is 5.82 Å². The lowest BCUT2D eigenvalue weighted by atomic mass is 10.1. The van der Waals surface area contributed by atoms with E-state index in [-0.39, 0.29) is 0 Å². The van der Waals surface area contributed by atoms with E-state index in [0.717, 1.165) is 34.3 Å². The molecule has 2 N–H and O–H groups in total. The Morgan fingerprint density at radius 2 is 2.00 bits per heavy atom. The molecule has 0 atom stereocenters.